The highest BCUT2D eigenvalue weighted by Gasteiger charge is 2.26. The second kappa shape index (κ2) is 9.20. The van der Waals surface area contributed by atoms with Crippen LogP contribution in [0.4, 0.5) is 0 Å². The molecule has 0 radical (unpaired) electrons. The predicted octanol–water partition coefficient (Wildman–Crippen LogP) is 3.17. The molecular formula is C24H31N3O4. The molecule has 1 amide bonds. The Kier molecular flexibility index (Phi) is 6.39. The van der Waals surface area contributed by atoms with Crippen molar-refractivity contribution in [3.8, 4) is 0 Å². The molecule has 2 atom stereocenters. The Labute approximate surface area is 182 Å². The van der Waals surface area contributed by atoms with Crippen molar-refractivity contribution in [2.24, 2.45) is 11.8 Å². The van der Waals surface area contributed by atoms with Gasteiger partial charge in [-0.2, -0.15) is 0 Å². The Morgan fingerprint density at radius 3 is 2.61 bits per heavy atom. The summed E-state index contributed by atoms with van der Waals surface area (Å²) in [5, 5.41) is 0.508. The molecule has 0 N–H and O–H groups in total. The molecule has 166 valence electrons. The Morgan fingerprint density at radius 2 is 1.84 bits per heavy atom. The lowest BCUT2D eigenvalue weighted by Crippen LogP contribution is -2.44. The number of aryl methyl sites for hydroxylation is 1. The first-order valence-corrected chi connectivity index (χ1v) is 11.4. The van der Waals surface area contributed by atoms with Crippen LogP contribution in [0.5, 0.6) is 0 Å². The SMILES string of the molecule is C[C@@H]1C[C@@H](C)CN(C(=O)COC(=O)c2ccc3c(=O)n4c(nc3c2)CCCCCC4)C1. The van der Waals surface area contributed by atoms with E-state index in [4.69, 9.17) is 4.74 Å². The predicted molar refractivity (Wildman–Crippen MR) is 118 cm³/mol. The fraction of sp³-hybridized carbons (Fsp3) is 0.583. The van der Waals surface area contributed by atoms with E-state index in [1.807, 2.05) is 0 Å². The average Bonchev–Trinajstić information content (AvgIpc) is 2.72. The van der Waals surface area contributed by atoms with Gasteiger partial charge < -0.3 is 9.64 Å². The fourth-order valence-electron chi connectivity index (χ4n) is 4.89. The maximum absolute atomic E-state index is 12.9. The fourth-order valence-corrected chi connectivity index (χ4v) is 4.89. The van der Waals surface area contributed by atoms with Gasteiger partial charge >= 0.3 is 5.97 Å². The lowest BCUT2D eigenvalue weighted by Gasteiger charge is -2.34. The van der Waals surface area contributed by atoms with Crippen molar-refractivity contribution >= 4 is 22.8 Å². The minimum Gasteiger partial charge on any atom is -0.452 e. The standard InChI is InChI=1S/C24H31N3O4/c1-16-11-17(2)14-26(13-16)22(28)15-31-24(30)18-8-9-19-20(12-18)25-21-7-5-3-4-6-10-27(21)23(19)29/h8-9,12,16-17H,3-7,10-11,13-15H2,1-2H3/t16-,17-/m1/s1. The molecule has 0 spiro atoms. The number of esters is 1. The molecule has 4 rings (SSSR count). The highest BCUT2D eigenvalue weighted by Crippen LogP contribution is 2.21. The molecule has 0 unspecified atom stereocenters. The third-order valence-corrected chi connectivity index (χ3v) is 6.35. The largest absolute Gasteiger partial charge is 0.452 e. The van der Waals surface area contributed by atoms with E-state index in [1.54, 1.807) is 27.7 Å². The van der Waals surface area contributed by atoms with E-state index in [-0.39, 0.29) is 18.1 Å². The summed E-state index contributed by atoms with van der Waals surface area (Å²) < 4.78 is 7.08. The summed E-state index contributed by atoms with van der Waals surface area (Å²) in [4.78, 5) is 44.5. The van der Waals surface area contributed by atoms with Crippen molar-refractivity contribution < 1.29 is 14.3 Å². The Hall–Kier alpha value is -2.70. The van der Waals surface area contributed by atoms with Crippen LogP contribution in [0.15, 0.2) is 23.0 Å². The van der Waals surface area contributed by atoms with Crippen LogP contribution < -0.4 is 5.56 Å². The lowest BCUT2D eigenvalue weighted by molar-refractivity contribution is -0.137. The number of benzene rings is 1. The van der Waals surface area contributed by atoms with Crippen LogP contribution in [0.2, 0.25) is 0 Å². The second-order valence-electron chi connectivity index (χ2n) is 9.20. The van der Waals surface area contributed by atoms with E-state index in [2.05, 4.69) is 18.8 Å². The topological polar surface area (TPSA) is 81.5 Å². The van der Waals surface area contributed by atoms with Gasteiger partial charge in [0.05, 0.1) is 16.5 Å². The zero-order valence-corrected chi connectivity index (χ0v) is 18.4. The molecule has 1 aromatic heterocycles. The third-order valence-electron chi connectivity index (χ3n) is 6.35. The highest BCUT2D eigenvalue weighted by atomic mass is 16.5. The Balaban J connectivity index is 1.49. The smallest absolute Gasteiger partial charge is 0.338 e. The van der Waals surface area contributed by atoms with Crippen molar-refractivity contribution in [2.75, 3.05) is 19.7 Å². The van der Waals surface area contributed by atoms with Crippen molar-refractivity contribution in [3.05, 3.63) is 39.9 Å². The Bertz CT molecular complexity index is 1040. The van der Waals surface area contributed by atoms with Gasteiger partial charge in [-0.1, -0.05) is 26.7 Å². The summed E-state index contributed by atoms with van der Waals surface area (Å²) in [6.07, 6.45) is 6.13. The molecule has 1 fully saturated rings. The van der Waals surface area contributed by atoms with E-state index in [9.17, 15) is 14.4 Å². The molecule has 1 aromatic carbocycles. The van der Waals surface area contributed by atoms with Gasteiger partial charge in [0.2, 0.25) is 0 Å². The van der Waals surface area contributed by atoms with Gasteiger partial charge in [0.1, 0.15) is 5.82 Å². The number of fused-ring (bicyclic) bond motifs is 2. The van der Waals surface area contributed by atoms with Crippen molar-refractivity contribution in [3.63, 3.8) is 0 Å². The van der Waals surface area contributed by atoms with Crippen LogP contribution in [-0.2, 0) is 22.5 Å². The molecule has 31 heavy (non-hydrogen) atoms. The number of carbonyl (C=O) groups excluding carboxylic acids is 2. The van der Waals surface area contributed by atoms with Gasteiger partial charge in [0.25, 0.3) is 11.5 Å². The number of hydrogen-bond acceptors (Lipinski definition) is 5. The number of ether oxygens (including phenoxy) is 1. The second-order valence-corrected chi connectivity index (χ2v) is 9.20. The first-order valence-electron chi connectivity index (χ1n) is 11.4. The number of amides is 1. The van der Waals surface area contributed by atoms with Crippen LogP contribution in [0, 0.1) is 11.8 Å². The molecule has 7 nitrogen and oxygen atoms in total. The molecule has 0 saturated carbocycles. The van der Waals surface area contributed by atoms with Crippen LogP contribution >= 0.6 is 0 Å². The van der Waals surface area contributed by atoms with Crippen molar-refractivity contribution in [1.82, 2.24) is 14.5 Å². The number of rotatable bonds is 3. The van der Waals surface area contributed by atoms with Crippen molar-refractivity contribution in [2.45, 2.75) is 58.9 Å². The lowest BCUT2D eigenvalue weighted by atomic mass is 9.92. The van der Waals surface area contributed by atoms with Crippen LogP contribution in [0.1, 0.15) is 62.1 Å². The normalized spacial score (nSPS) is 21.8. The van der Waals surface area contributed by atoms with E-state index >= 15 is 0 Å². The maximum Gasteiger partial charge on any atom is 0.338 e. The number of aromatic nitrogens is 2. The molecule has 2 aliphatic heterocycles. The molecule has 3 heterocycles. The summed E-state index contributed by atoms with van der Waals surface area (Å²) in [5.74, 6) is 0.959. The highest BCUT2D eigenvalue weighted by molar-refractivity contribution is 5.95. The maximum atomic E-state index is 12.9. The quantitative estimate of drug-likeness (QED) is 0.706. The summed E-state index contributed by atoms with van der Waals surface area (Å²) in [7, 11) is 0. The number of likely N-dealkylation sites (tertiary alicyclic amines) is 1. The monoisotopic (exact) mass is 425 g/mol. The number of nitrogens with zero attached hydrogens (tertiary/aromatic N) is 3. The average molecular weight is 426 g/mol. The van der Waals surface area contributed by atoms with Gasteiger partial charge in [-0.25, -0.2) is 9.78 Å². The minimum atomic E-state index is -0.568. The number of piperidine rings is 1. The number of hydrogen-bond donors (Lipinski definition) is 0. The summed E-state index contributed by atoms with van der Waals surface area (Å²) in [6.45, 7) is 6.10. The molecular weight excluding hydrogens is 394 g/mol. The zero-order chi connectivity index (χ0) is 22.0. The van der Waals surface area contributed by atoms with Gasteiger partial charge in [-0.15, -0.1) is 0 Å². The molecule has 1 saturated heterocycles. The van der Waals surface area contributed by atoms with Crippen LogP contribution in [0.3, 0.4) is 0 Å². The third kappa shape index (κ3) is 4.81. The first kappa shape index (κ1) is 21.5. The first-order chi connectivity index (χ1) is 14.9. The van der Waals surface area contributed by atoms with Gasteiger partial charge in [0.15, 0.2) is 6.61 Å². The molecule has 2 aliphatic rings. The number of carbonyl (C=O) groups is 2. The van der Waals surface area contributed by atoms with Crippen LogP contribution in [0.25, 0.3) is 10.9 Å². The van der Waals surface area contributed by atoms with Crippen molar-refractivity contribution in [1.29, 1.82) is 0 Å². The molecule has 2 aromatic rings. The molecule has 7 heteroatoms. The minimum absolute atomic E-state index is 0.0506. The summed E-state index contributed by atoms with van der Waals surface area (Å²) in [6, 6.07) is 4.83. The zero-order valence-electron chi connectivity index (χ0n) is 18.4. The van der Waals surface area contributed by atoms with Crippen LogP contribution in [-0.4, -0.2) is 46.0 Å². The summed E-state index contributed by atoms with van der Waals surface area (Å²) in [5.41, 5.74) is 0.769. The molecule has 0 aliphatic carbocycles. The van der Waals surface area contributed by atoms with Gasteiger partial charge in [-0.05, 0) is 49.3 Å². The molecule has 0 bridgehead atoms. The Morgan fingerprint density at radius 1 is 1.10 bits per heavy atom. The van der Waals surface area contributed by atoms with E-state index < -0.39 is 5.97 Å². The van der Waals surface area contributed by atoms with Gasteiger partial charge in [-0.3, -0.25) is 14.2 Å². The van der Waals surface area contributed by atoms with E-state index in [0.29, 0.717) is 47.9 Å². The van der Waals surface area contributed by atoms with Gasteiger partial charge in [0, 0.05) is 26.1 Å². The van der Waals surface area contributed by atoms with E-state index in [1.165, 1.54) is 0 Å². The van der Waals surface area contributed by atoms with E-state index in [0.717, 1.165) is 44.3 Å². The summed E-state index contributed by atoms with van der Waals surface area (Å²) >= 11 is 0.